The first-order chi connectivity index (χ1) is 9.65. The molecule has 0 aliphatic carbocycles. The first-order valence-corrected chi connectivity index (χ1v) is 8.02. The summed E-state index contributed by atoms with van der Waals surface area (Å²) in [5.41, 5.74) is 1.16. The van der Waals surface area contributed by atoms with Crippen molar-refractivity contribution >= 4 is 17.9 Å². The Morgan fingerprint density at radius 1 is 1.30 bits per heavy atom. The van der Waals surface area contributed by atoms with E-state index in [1.165, 1.54) is 4.90 Å². The molecule has 0 spiro atoms. The summed E-state index contributed by atoms with van der Waals surface area (Å²) in [6.45, 7) is 3.29. The molecule has 2 N–H and O–H groups in total. The second-order valence-corrected chi connectivity index (χ2v) is 5.95. The van der Waals surface area contributed by atoms with Crippen LogP contribution in [0.4, 0.5) is 4.79 Å². The number of hydrogen-bond donors (Lipinski definition) is 2. The predicted octanol–water partition coefficient (Wildman–Crippen LogP) is 2.89. The van der Waals surface area contributed by atoms with Gasteiger partial charge in [0.15, 0.2) is 0 Å². The zero-order valence-corrected chi connectivity index (χ0v) is 12.7. The summed E-state index contributed by atoms with van der Waals surface area (Å²) in [5, 5.41) is 17.9. The van der Waals surface area contributed by atoms with Gasteiger partial charge in [0.1, 0.15) is 0 Å². The Balaban J connectivity index is 2.40. The lowest BCUT2D eigenvalue weighted by Crippen LogP contribution is -2.34. The Bertz CT molecular complexity index is 386. The van der Waals surface area contributed by atoms with Gasteiger partial charge in [0, 0.05) is 25.4 Å². The van der Waals surface area contributed by atoms with E-state index in [2.05, 4.69) is 0 Å². The van der Waals surface area contributed by atoms with Crippen LogP contribution in [0.15, 0.2) is 30.3 Å². The summed E-state index contributed by atoms with van der Waals surface area (Å²) >= 11 is 1.68. The first kappa shape index (κ1) is 16.9. The average molecular weight is 297 g/mol. The monoisotopic (exact) mass is 297 g/mol. The summed E-state index contributed by atoms with van der Waals surface area (Å²) in [6, 6.07) is 9.97. The van der Waals surface area contributed by atoms with Crippen LogP contribution in [-0.4, -0.2) is 52.4 Å². The maximum atomic E-state index is 11.3. The van der Waals surface area contributed by atoms with Crippen LogP contribution in [0, 0.1) is 0 Å². The van der Waals surface area contributed by atoms with E-state index in [1.807, 2.05) is 37.3 Å². The summed E-state index contributed by atoms with van der Waals surface area (Å²) in [5.74, 6) is 1.83. The van der Waals surface area contributed by atoms with Gasteiger partial charge in [0.2, 0.25) is 0 Å². The van der Waals surface area contributed by atoms with E-state index in [4.69, 9.17) is 5.11 Å². The van der Waals surface area contributed by atoms with Gasteiger partial charge in [0.25, 0.3) is 0 Å². The zero-order chi connectivity index (χ0) is 14.8. The summed E-state index contributed by atoms with van der Waals surface area (Å²) in [4.78, 5) is 12.7. The number of carboxylic acid groups (broad SMARTS) is 1. The standard InChI is InChI=1S/C15H23NO3S/c1-13(14-6-3-2-4-7-14)12-16(15(18)19)8-11-20-10-5-9-17/h2-4,6-7,13,17H,5,8-12H2,1H3,(H,18,19)/t13-/m0/s1. The number of benzene rings is 1. The molecule has 0 bridgehead atoms. The maximum Gasteiger partial charge on any atom is 0.407 e. The Morgan fingerprint density at radius 2 is 2.00 bits per heavy atom. The molecule has 0 aliphatic heterocycles. The molecule has 1 atom stereocenters. The highest BCUT2D eigenvalue weighted by Crippen LogP contribution is 2.16. The van der Waals surface area contributed by atoms with Crippen molar-refractivity contribution in [1.29, 1.82) is 0 Å². The lowest BCUT2D eigenvalue weighted by atomic mass is 10.0. The number of hydrogen-bond acceptors (Lipinski definition) is 3. The zero-order valence-electron chi connectivity index (χ0n) is 11.9. The van der Waals surface area contributed by atoms with Crippen molar-refractivity contribution in [2.24, 2.45) is 0 Å². The fraction of sp³-hybridized carbons (Fsp3) is 0.533. The van der Waals surface area contributed by atoms with Crippen molar-refractivity contribution < 1.29 is 15.0 Å². The minimum atomic E-state index is -0.865. The van der Waals surface area contributed by atoms with E-state index in [9.17, 15) is 9.90 Å². The van der Waals surface area contributed by atoms with Crippen molar-refractivity contribution in [1.82, 2.24) is 4.90 Å². The van der Waals surface area contributed by atoms with Crippen molar-refractivity contribution in [3.8, 4) is 0 Å². The Hall–Kier alpha value is -1.20. The van der Waals surface area contributed by atoms with E-state index in [0.29, 0.717) is 13.1 Å². The number of aliphatic hydroxyl groups excluding tert-OH is 1. The molecule has 112 valence electrons. The molecule has 1 rings (SSSR count). The number of amides is 1. The third kappa shape index (κ3) is 6.30. The lowest BCUT2D eigenvalue weighted by molar-refractivity contribution is 0.146. The highest BCUT2D eigenvalue weighted by atomic mass is 32.2. The molecule has 5 heteroatoms. The second kappa shape index (κ2) is 9.66. The van der Waals surface area contributed by atoms with E-state index in [-0.39, 0.29) is 12.5 Å². The molecule has 0 saturated heterocycles. The average Bonchev–Trinajstić information content (AvgIpc) is 2.46. The summed E-state index contributed by atoms with van der Waals surface area (Å²) in [7, 11) is 0. The fourth-order valence-electron chi connectivity index (χ4n) is 1.93. The Morgan fingerprint density at radius 3 is 2.60 bits per heavy atom. The van der Waals surface area contributed by atoms with Crippen LogP contribution in [0.2, 0.25) is 0 Å². The molecule has 0 fully saturated rings. The molecular weight excluding hydrogens is 274 g/mol. The van der Waals surface area contributed by atoms with Crippen molar-refractivity contribution in [3.05, 3.63) is 35.9 Å². The van der Waals surface area contributed by atoms with Crippen LogP contribution in [0.3, 0.4) is 0 Å². The van der Waals surface area contributed by atoms with Gasteiger partial charge in [-0.15, -0.1) is 0 Å². The van der Waals surface area contributed by atoms with Gasteiger partial charge in [-0.25, -0.2) is 4.79 Å². The fourth-order valence-corrected chi connectivity index (χ4v) is 2.81. The number of nitrogens with zero attached hydrogens (tertiary/aromatic N) is 1. The van der Waals surface area contributed by atoms with Crippen LogP contribution in [-0.2, 0) is 0 Å². The highest BCUT2D eigenvalue weighted by molar-refractivity contribution is 7.99. The van der Waals surface area contributed by atoms with Gasteiger partial charge in [0.05, 0.1) is 0 Å². The smallest absolute Gasteiger partial charge is 0.407 e. The van der Waals surface area contributed by atoms with Crippen LogP contribution in [0.5, 0.6) is 0 Å². The predicted molar refractivity (Wildman–Crippen MR) is 83.5 cm³/mol. The maximum absolute atomic E-state index is 11.3. The Labute approximate surface area is 124 Å². The van der Waals surface area contributed by atoms with E-state index in [0.717, 1.165) is 23.5 Å². The van der Waals surface area contributed by atoms with Crippen molar-refractivity contribution in [2.75, 3.05) is 31.2 Å². The van der Waals surface area contributed by atoms with E-state index in [1.54, 1.807) is 11.8 Å². The van der Waals surface area contributed by atoms with Gasteiger partial charge in [-0.1, -0.05) is 37.3 Å². The van der Waals surface area contributed by atoms with Gasteiger partial charge in [-0.2, -0.15) is 11.8 Å². The first-order valence-electron chi connectivity index (χ1n) is 6.86. The molecule has 0 unspecified atom stereocenters. The highest BCUT2D eigenvalue weighted by Gasteiger charge is 2.16. The van der Waals surface area contributed by atoms with Gasteiger partial charge < -0.3 is 15.1 Å². The number of aliphatic hydroxyl groups is 1. The molecule has 1 aromatic carbocycles. The van der Waals surface area contributed by atoms with Crippen molar-refractivity contribution in [2.45, 2.75) is 19.3 Å². The molecule has 0 aromatic heterocycles. The van der Waals surface area contributed by atoms with Gasteiger partial charge >= 0.3 is 6.09 Å². The molecule has 1 amide bonds. The molecule has 0 saturated carbocycles. The molecule has 0 aliphatic rings. The van der Waals surface area contributed by atoms with Gasteiger partial charge in [-0.05, 0) is 23.7 Å². The van der Waals surface area contributed by atoms with Crippen LogP contribution >= 0.6 is 11.8 Å². The molecule has 0 radical (unpaired) electrons. The minimum absolute atomic E-state index is 0.190. The topological polar surface area (TPSA) is 60.8 Å². The van der Waals surface area contributed by atoms with Crippen LogP contribution < -0.4 is 0 Å². The lowest BCUT2D eigenvalue weighted by Gasteiger charge is -2.23. The summed E-state index contributed by atoms with van der Waals surface area (Å²) < 4.78 is 0. The third-order valence-corrected chi connectivity index (χ3v) is 4.13. The molecule has 4 nitrogen and oxygen atoms in total. The van der Waals surface area contributed by atoms with Crippen molar-refractivity contribution in [3.63, 3.8) is 0 Å². The quantitative estimate of drug-likeness (QED) is 0.688. The SMILES string of the molecule is C[C@@H](CN(CCSCCCO)C(=O)O)c1ccccc1. The second-order valence-electron chi connectivity index (χ2n) is 4.73. The molecular formula is C15H23NO3S. The third-order valence-electron chi connectivity index (χ3n) is 3.09. The number of thioether (sulfide) groups is 1. The normalized spacial score (nSPS) is 12.1. The number of rotatable bonds is 9. The number of carbonyl (C=O) groups is 1. The Kier molecular flexibility index (Phi) is 8.14. The van der Waals surface area contributed by atoms with Crippen LogP contribution in [0.25, 0.3) is 0 Å². The van der Waals surface area contributed by atoms with Gasteiger partial charge in [-0.3, -0.25) is 0 Å². The molecule has 20 heavy (non-hydrogen) atoms. The van der Waals surface area contributed by atoms with E-state index < -0.39 is 6.09 Å². The largest absolute Gasteiger partial charge is 0.465 e. The molecule has 0 heterocycles. The van der Waals surface area contributed by atoms with Crippen LogP contribution in [0.1, 0.15) is 24.8 Å². The van der Waals surface area contributed by atoms with E-state index >= 15 is 0 Å². The minimum Gasteiger partial charge on any atom is -0.465 e. The molecule has 1 aromatic rings. The summed E-state index contributed by atoms with van der Waals surface area (Å²) in [6.07, 6.45) is -0.103.